The van der Waals surface area contributed by atoms with Gasteiger partial charge in [0.2, 0.25) is 0 Å². The van der Waals surface area contributed by atoms with Crippen LogP contribution in [-0.2, 0) is 11.3 Å². The average molecular weight is 281 g/mol. The molecule has 0 aliphatic carbocycles. The summed E-state index contributed by atoms with van der Waals surface area (Å²) in [5.41, 5.74) is 7.70. The highest BCUT2D eigenvalue weighted by atomic mass is 16.5. The van der Waals surface area contributed by atoms with E-state index in [-0.39, 0.29) is 6.61 Å². The third kappa shape index (κ3) is 4.29. The lowest BCUT2D eigenvalue weighted by molar-refractivity contribution is 0.0556. The molecule has 0 aromatic heterocycles. The molecule has 2 rings (SSSR count). The van der Waals surface area contributed by atoms with Crippen molar-refractivity contribution >= 4 is 11.7 Å². The first-order valence-electron chi connectivity index (χ1n) is 6.37. The van der Waals surface area contributed by atoms with Crippen LogP contribution in [0.15, 0.2) is 48.5 Å². The van der Waals surface area contributed by atoms with Crippen molar-refractivity contribution in [1.82, 2.24) is 0 Å². The number of terminal acetylenes is 1. The third-order valence-electron chi connectivity index (χ3n) is 2.76. The highest BCUT2D eigenvalue weighted by Gasteiger charge is 2.06. The van der Waals surface area contributed by atoms with Gasteiger partial charge in [0.25, 0.3) is 0 Å². The summed E-state index contributed by atoms with van der Waals surface area (Å²) in [6.45, 7) is 0.379. The van der Waals surface area contributed by atoms with E-state index in [2.05, 4.69) is 5.92 Å². The van der Waals surface area contributed by atoms with Gasteiger partial charge in [-0.25, -0.2) is 4.79 Å². The van der Waals surface area contributed by atoms with Gasteiger partial charge in [0, 0.05) is 5.69 Å². The first-order valence-corrected chi connectivity index (χ1v) is 6.37. The Bertz CT molecular complexity index is 639. The van der Waals surface area contributed by atoms with Gasteiger partial charge in [-0.1, -0.05) is 18.1 Å². The number of nitrogens with two attached hydrogens (primary N) is 1. The van der Waals surface area contributed by atoms with Crippen molar-refractivity contribution in [2.75, 3.05) is 12.3 Å². The minimum absolute atomic E-state index is 0.0270. The van der Waals surface area contributed by atoms with Crippen LogP contribution in [0.25, 0.3) is 0 Å². The normalized spacial score (nSPS) is 9.67. The minimum Gasteiger partial charge on any atom is -0.489 e. The van der Waals surface area contributed by atoms with Gasteiger partial charge in [0.15, 0.2) is 6.61 Å². The molecule has 0 fully saturated rings. The van der Waals surface area contributed by atoms with E-state index in [4.69, 9.17) is 21.6 Å². The Hall–Kier alpha value is -2.93. The number of hydrogen-bond donors (Lipinski definition) is 1. The minimum atomic E-state index is -0.432. The van der Waals surface area contributed by atoms with Crippen LogP contribution in [0.3, 0.4) is 0 Å². The van der Waals surface area contributed by atoms with E-state index in [1.165, 1.54) is 0 Å². The second kappa shape index (κ2) is 7.01. The van der Waals surface area contributed by atoms with Gasteiger partial charge in [-0.3, -0.25) is 0 Å². The van der Waals surface area contributed by atoms with Gasteiger partial charge >= 0.3 is 5.97 Å². The molecule has 0 amide bonds. The molecule has 0 bridgehead atoms. The zero-order valence-electron chi connectivity index (χ0n) is 11.4. The first kappa shape index (κ1) is 14.5. The van der Waals surface area contributed by atoms with E-state index in [0.29, 0.717) is 17.9 Å². The fourth-order valence-electron chi connectivity index (χ4n) is 1.66. The number of rotatable bonds is 5. The van der Waals surface area contributed by atoms with Gasteiger partial charge < -0.3 is 15.2 Å². The van der Waals surface area contributed by atoms with Crippen molar-refractivity contribution in [2.24, 2.45) is 0 Å². The SMILES string of the molecule is C#CCOC(=O)c1ccc(COc2ccc(N)cc2)cc1. The standard InChI is InChI=1S/C17H15NO3/c1-2-11-20-17(19)14-5-3-13(4-6-14)12-21-16-9-7-15(18)8-10-16/h1,3-10H,11-12,18H2. The Kier molecular flexibility index (Phi) is 4.84. The highest BCUT2D eigenvalue weighted by molar-refractivity contribution is 5.89. The molecular weight excluding hydrogens is 266 g/mol. The van der Waals surface area contributed by atoms with Gasteiger partial charge in [-0.05, 0) is 42.0 Å². The van der Waals surface area contributed by atoms with Gasteiger partial charge in [0.05, 0.1) is 5.56 Å². The number of nitrogen functional groups attached to an aromatic ring is 1. The fourth-order valence-corrected chi connectivity index (χ4v) is 1.66. The van der Waals surface area contributed by atoms with E-state index in [0.717, 1.165) is 11.3 Å². The number of benzene rings is 2. The van der Waals surface area contributed by atoms with Crippen LogP contribution in [0, 0.1) is 12.3 Å². The quantitative estimate of drug-likeness (QED) is 0.520. The van der Waals surface area contributed by atoms with Crippen LogP contribution in [0.4, 0.5) is 5.69 Å². The molecular formula is C17H15NO3. The van der Waals surface area contributed by atoms with Crippen molar-refractivity contribution in [3.63, 3.8) is 0 Å². The van der Waals surface area contributed by atoms with Crippen LogP contribution in [0.2, 0.25) is 0 Å². The number of anilines is 1. The summed E-state index contributed by atoms with van der Waals surface area (Å²) in [6.07, 6.45) is 5.03. The smallest absolute Gasteiger partial charge is 0.339 e. The monoisotopic (exact) mass is 281 g/mol. The lowest BCUT2D eigenvalue weighted by Gasteiger charge is -2.07. The summed E-state index contributed by atoms with van der Waals surface area (Å²) >= 11 is 0. The number of ether oxygens (including phenoxy) is 2. The predicted octanol–water partition coefficient (Wildman–Crippen LogP) is 2.64. The average Bonchev–Trinajstić information content (AvgIpc) is 2.52. The van der Waals surface area contributed by atoms with Crippen LogP contribution in [-0.4, -0.2) is 12.6 Å². The van der Waals surface area contributed by atoms with Crippen molar-refractivity contribution in [3.8, 4) is 18.1 Å². The molecule has 0 unspecified atom stereocenters. The second-order valence-corrected chi connectivity index (χ2v) is 4.33. The van der Waals surface area contributed by atoms with E-state index in [9.17, 15) is 4.79 Å². The van der Waals surface area contributed by atoms with Gasteiger partial charge in [-0.15, -0.1) is 6.42 Å². The molecule has 0 heterocycles. The maximum atomic E-state index is 11.6. The van der Waals surface area contributed by atoms with Crippen LogP contribution >= 0.6 is 0 Å². The summed E-state index contributed by atoms with van der Waals surface area (Å²) in [5, 5.41) is 0. The Morgan fingerprint density at radius 2 is 1.76 bits per heavy atom. The number of hydrogen-bond acceptors (Lipinski definition) is 4. The van der Waals surface area contributed by atoms with E-state index in [1.807, 2.05) is 12.1 Å². The van der Waals surface area contributed by atoms with Crippen molar-refractivity contribution < 1.29 is 14.3 Å². The molecule has 21 heavy (non-hydrogen) atoms. The van der Waals surface area contributed by atoms with Crippen LogP contribution < -0.4 is 10.5 Å². The summed E-state index contributed by atoms with van der Waals surface area (Å²) in [4.78, 5) is 11.6. The molecule has 2 aromatic carbocycles. The molecule has 0 saturated heterocycles. The molecule has 0 aliphatic heterocycles. The molecule has 2 N–H and O–H groups in total. The molecule has 0 radical (unpaired) electrons. The Labute approximate surface area is 123 Å². The lowest BCUT2D eigenvalue weighted by Crippen LogP contribution is -2.05. The fraction of sp³-hybridized carbons (Fsp3) is 0.118. The van der Waals surface area contributed by atoms with Crippen molar-refractivity contribution in [1.29, 1.82) is 0 Å². The van der Waals surface area contributed by atoms with Gasteiger partial charge in [0.1, 0.15) is 12.4 Å². The van der Waals surface area contributed by atoms with E-state index < -0.39 is 5.97 Å². The zero-order valence-corrected chi connectivity index (χ0v) is 11.4. The molecule has 0 aliphatic rings. The number of carbonyl (C=O) groups excluding carboxylic acids is 1. The first-order chi connectivity index (χ1) is 10.2. The highest BCUT2D eigenvalue weighted by Crippen LogP contribution is 2.15. The topological polar surface area (TPSA) is 61.5 Å². The van der Waals surface area contributed by atoms with Crippen LogP contribution in [0.5, 0.6) is 5.75 Å². The van der Waals surface area contributed by atoms with Crippen molar-refractivity contribution in [3.05, 3.63) is 59.7 Å². The zero-order chi connectivity index (χ0) is 15.1. The summed E-state index contributed by atoms with van der Waals surface area (Å²) in [7, 11) is 0. The Balaban J connectivity index is 1.92. The Morgan fingerprint density at radius 3 is 2.38 bits per heavy atom. The summed E-state index contributed by atoms with van der Waals surface area (Å²) in [5.74, 6) is 2.56. The second-order valence-electron chi connectivity index (χ2n) is 4.33. The number of carbonyl (C=O) groups is 1. The lowest BCUT2D eigenvalue weighted by atomic mass is 10.1. The summed E-state index contributed by atoms with van der Waals surface area (Å²) < 4.78 is 10.5. The van der Waals surface area contributed by atoms with E-state index in [1.54, 1.807) is 36.4 Å². The largest absolute Gasteiger partial charge is 0.489 e. The van der Waals surface area contributed by atoms with E-state index >= 15 is 0 Å². The van der Waals surface area contributed by atoms with Crippen LogP contribution in [0.1, 0.15) is 15.9 Å². The third-order valence-corrected chi connectivity index (χ3v) is 2.76. The van der Waals surface area contributed by atoms with Gasteiger partial charge in [-0.2, -0.15) is 0 Å². The molecule has 4 nitrogen and oxygen atoms in total. The maximum absolute atomic E-state index is 11.6. The molecule has 0 atom stereocenters. The molecule has 4 heteroatoms. The molecule has 2 aromatic rings. The maximum Gasteiger partial charge on any atom is 0.339 e. The molecule has 0 saturated carbocycles. The molecule has 106 valence electrons. The number of esters is 1. The Morgan fingerprint density at radius 1 is 1.10 bits per heavy atom. The van der Waals surface area contributed by atoms with Crippen molar-refractivity contribution in [2.45, 2.75) is 6.61 Å². The summed E-state index contributed by atoms with van der Waals surface area (Å²) in [6, 6.07) is 14.1. The predicted molar refractivity (Wildman–Crippen MR) is 80.7 cm³/mol. The molecule has 0 spiro atoms.